The second-order valence-electron chi connectivity index (χ2n) is 4.22. The van der Waals surface area contributed by atoms with E-state index in [9.17, 15) is 4.79 Å². The highest BCUT2D eigenvalue weighted by atomic mass is 16.5. The summed E-state index contributed by atoms with van der Waals surface area (Å²) in [4.78, 5) is 13.7. The molecule has 3 heterocycles. The third-order valence-corrected chi connectivity index (χ3v) is 2.92. The molecule has 19 heavy (non-hydrogen) atoms. The Labute approximate surface area is 109 Å². The molecule has 0 radical (unpaired) electrons. The van der Waals surface area contributed by atoms with Crippen molar-refractivity contribution in [3.63, 3.8) is 0 Å². The van der Waals surface area contributed by atoms with Gasteiger partial charge in [-0.2, -0.15) is 5.10 Å². The standard InChI is InChI=1S/C12H12N4O3/c17-12(10-3-6-14-19-10)16-7-4-9(8-16)18-11-2-1-5-13-15-11/h1-3,5-6,9H,4,7-8H2/t9-/m1/s1. The Morgan fingerprint density at radius 1 is 1.42 bits per heavy atom. The van der Waals surface area contributed by atoms with E-state index in [0.29, 0.717) is 19.0 Å². The van der Waals surface area contributed by atoms with Crippen molar-refractivity contribution >= 4 is 5.91 Å². The molecule has 98 valence electrons. The van der Waals surface area contributed by atoms with Crippen LogP contribution in [-0.2, 0) is 0 Å². The third-order valence-electron chi connectivity index (χ3n) is 2.92. The van der Waals surface area contributed by atoms with Gasteiger partial charge in [0.2, 0.25) is 11.6 Å². The molecule has 1 fully saturated rings. The molecule has 7 nitrogen and oxygen atoms in total. The fourth-order valence-electron chi connectivity index (χ4n) is 2.01. The van der Waals surface area contributed by atoms with E-state index in [4.69, 9.17) is 9.26 Å². The first-order valence-electron chi connectivity index (χ1n) is 5.97. The van der Waals surface area contributed by atoms with Gasteiger partial charge in [-0.25, -0.2) is 0 Å². The summed E-state index contributed by atoms with van der Waals surface area (Å²) in [6, 6.07) is 5.06. The van der Waals surface area contributed by atoms with Crippen LogP contribution in [0.5, 0.6) is 5.88 Å². The minimum Gasteiger partial charge on any atom is -0.471 e. The zero-order chi connectivity index (χ0) is 13.1. The van der Waals surface area contributed by atoms with Crippen molar-refractivity contribution in [2.75, 3.05) is 13.1 Å². The van der Waals surface area contributed by atoms with Gasteiger partial charge < -0.3 is 14.2 Å². The Kier molecular flexibility index (Phi) is 3.09. The minimum atomic E-state index is -0.164. The van der Waals surface area contributed by atoms with Gasteiger partial charge >= 0.3 is 0 Å². The predicted molar refractivity (Wildman–Crippen MR) is 63.5 cm³/mol. The van der Waals surface area contributed by atoms with Gasteiger partial charge in [0.15, 0.2) is 0 Å². The zero-order valence-electron chi connectivity index (χ0n) is 10.1. The van der Waals surface area contributed by atoms with E-state index in [0.717, 1.165) is 6.42 Å². The topological polar surface area (TPSA) is 81.4 Å². The summed E-state index contributed by atoms with van der Waals surface area (Å²) in [5, 5.41) is 11.1. The van der Waals surface area contributed by atoms with Gasteiger partial charge in [0, 0.05) is 31.3 Å². The summed E-state index contributed by atoms with van der Waals surface area (Å²) in [5.41, 5.74) is 0. The Morgan fingerprint density at radius 2 is 2.37 bits per heavy atom. The molecule has 2 aromatic rings. The number of nitrogens with zero attached hydrogens (tertiary/aromatic N) is 4. The maximum absolute atomic E-state index is 12.0. The molecule has 0 aromatic carbocycles. The number of ether oxygens (including phenoxy) is 1. The van der Waals surface area contributed by atoms with Crippen LogP contribution in [0, 0.1) is 0 Å². The lowest BCUT2D eigenvalue weighted by molar-refractivity contribution is 0.0730. The fraction of sp³-hybridized carbons (Fsp3) is 0.333. The SMILES string of the molecule is O=C(c1ccno1)N1CC[C@@H](Oc2cccnn2)C1. The highest BCUT2D eigenvalue weighted by Crippen LogP contribution is 2.17. The molecule has 1 aliphatic heterocycles. The van der Waals surface area contributed by atoms with E-state index in [-0.39, 0.29) is 17.8 Å². The number of carbonyl (C=O) groups is 1. The molecule has 0 spiro atoms. The number of hydrogen-bond acceptors (Lipinski definition) is 6. The largest absolute Gasteiger partial charge is 0.471 e. The van der Waals surface area contributed by atoms with Crippen molar-refractivity contribution in [3.8, 4) is 5.88 Å². The lowest BCUT2D eigenvalue weighted by atomic mass is 10.3. The first kappa shape index (κ1) is 11.6. The Balaban J connectivity index is 1.60. The second-order valence-corrected chi connectivity index (χ2v) is 4.22. The van der Waals surface area contributed by atoms with E-state index >= 15 is 0 Å². The molecular formula is C12H12N4O3. The molecule has 1 amide bonds. The highest BCUT2D eigenvalue weighted by Gasteiger charge is 2.30. The van der Waals surface area contributed by atoms with E-state index < -0.39 is 0 Å². The lowest BCUT2D eigenvalue weighted by Crippen LogP contribution is -2.30. The second kappa shape index (κ2) is 5.05. The normalized spacial score (nSPS) is 18.5. The van der Waals surface area contributed by atoms with E-state index in [1.54, 1.807) is 29.3 Å². The summed E-state index contributed by atoms with van der Waals surface area (Å²) in [6.07, 6.45) is 3.73. The number of amides is 1. The number of rotatable bonds is 3. The van der Waals surface area contributed by atoms with Crippen LogP contribution in [0.2, 0.25) is 0 Å². The maximum atomic E-state index is 12.0. The number of carbonyl (C=O) groups excluding carboxylic acids is 1. The molecule has 0 aliphatic carbocycles. The smallest absolute Gasteiger partial charge is 0.292 e. The van der Waals surface area contributed by atoms with Gasteiger partial charge in [0.25, 0.3) is 5.91 Å². The van der Waals surface area contributed by atoms with E-state index in [1.165, 1.54) is 6.20 Å². The van der Waals surface area contributed by atoms with Crippen LogP contribution in [0.15, 0.2) is 35.1 Å². The molecule has 3 rings (SSSR count). The summed E-state index contributed by atoms with van der Waals surface area (Å²) < 4.78 is 10.5. The monoisotopic (exact) mass is 260 g/mol. The highest BCUT2D eigenvalue weighted by molar-refractivity contribution is 5.91. The maximum Gasteiger partial charge on any atom is 0.292 e. The van der Waals surface area contributed by atoms with Gasteiger partial charge in [-0.15, -0.1) is 5.10 Å². The predicted octanol–water partition coefficient (Wildman–Crippen LogP) is 0.758. The van der Waals surface area contributed by atoms with Gasteiger partial charge in [0.1, 0.15) is 6.10 Å². The first-order valence-corrected chi connectivity index (χ1v) is 5.97. The minimum absolute atomic E-state index is 0.0661. The Bertz CT molecular complexity index is 543. The van der Waals surface area contributed by atoms with Crippen molar-refractivity contribution in [2.45, 2.75) is 12.5 Å². The lowest BCUT2D eigenvalue weighted by Gasteiger charge is -2.15. The molecule has 1 saturated heterocycles. The Morgan fingerprint density at radius 3 is 3.11 bits per heavy atom. The fourth-order valence-corrected chi connectivity index (χ4v) is 2.01. The number of aromatic nitrogens is 3. The zero-order valence-corrected chi connectivity index (χ0v) is 10.1. The van der Waals surface area contributed by atoms with Crippen LogP contribution in [0.3, 0.4) is 0 Å². The third kappa shape index (κ3) is 2.54. The van der Waals surface area contributed by atoms with Crippen molar-refractivity contribution in [1.82, 2.24) is 20.3 Å². The van der Waals surface area contributed by atoms with Crippen LogP contribution in [0.25, 0.3) is 0 Å². The molecule has 1 aliphatic rings. The van der Waals surface area contributed by atoms with Crippen LogP contribution in [-0.4, -0.2) is 45.4 Å². The summed E-state index contributed by atoms with van der Waals surface area (Å²) in [7, 11) is 0. The molecule has 2 aromatic heterocycles. The van der Waals surface area contributed by atoms with Crippen molar-refractivity contribution in [3.05, 3.63) is 36.4 Å². The average Bonchev–Trinajstić information content (AvgIpc) is 3.10. The van der Waals surface area contributed by atoms with Crippen molar-refractivity contribution in [2.24, 2.45) is 0 Å². The van der Waals surface area contributed by atoms with Gasteiger partial charge in [-0.1, -0.05) is 5.16 Å². The van der Waals surface area contributed by atoms with Crippen LogP contribution >= 0.6 is 0 Å². The van der Waals surface area contributed by atoms with Crippen LogP contribution in [0.1, 0.15) is 17.0 Å². The van der Waals surface area contributed by atoms with Gasteiger partial charge in [-0.3, -0.25) is 4.79 Å². The first-order chi connectivity index (χ1) is 9.33. The summed E-state index contributed by atoms with van der Waals surface area (Å²) >= 11 is 0. The number of hydrogen-bond donors (Lipinski definition) is 0. The average molecular weight is 260 g/mol. The van der Waals surface area contributed by atoms with E-state index in [2.05, 4.69) is 15.4 Å². The van der Waals surface area contributed by atoms with Crippen molar-refractivity contribution in [1.29, 1.82) is 0 Å². The molecule has 1 atom stereocenters. The molecule has 0 bridgehead atoms. The van der Waals surface area contributed by atoms with Gasteiger partial charge in [-0.05, 0) is 6.07 Å². The van der Waals surface area contributed by atoms with Gasteiger partial charge in [0.05, 0.1) is 12.7 Å². The van der Waals surface area contributed by atoms with Crippen LogP contribution < -0.4 is 4.74 Å². The molecule has 0 N–H and O–H groups in total. The van der Waals surface area contributed by atoms with E-state index in [1.807, 2.05) is 0 Å². The Hall–Kier alpha value is -2.44. The molecule has 7 heteroatoms. The molecular weight excluding hydrogens is 248 g/mol. The quantitative estimate of drug-likeness (QED) is 0.810. The molecule has 0 saturated carbocycles. The van der Waals surface area contributed by atoms with Crippen LogP contribution in [0.4, 0.5) is 0 Å². The number of likely N-dealkylation sites (tertiary alicyclic amines) is 1. The summed E-state index contributed by atoms with van der Waals surface area (Å²) in [5.74, 6) is 0.560. The molecule has 0 unspecified atom stereocenters. The van der Waals surface area contributed by atoms with Crippen molar-refractivity contribution < 1.29 is 14.1 Å². The summed E-state index contributed by atoms with van der Waals surface area (Å²) in [6.45, 7) is 1.14.